The first-order valence-corrected chi connectivity index (χ1v) is 5.01. The topological polar surface area (TPSA) is 32.3 Å². The van der Waals surface area contributed by atoms with E-state index in [0.29, 0.717) is 12.6 Å². The SMILES string of the molecule is OCCC1CSCCCN1. The molecule has 1 aliphatic rings. The summed E-state index contributed by atoms with van der Waals surface area (Å²) < 4.78 is 0. The van der Waals surface area contributed by atoms with Gasteiger partial charge in [0, 0.05) is 18.4 Å². The van der Waals surface area contributed by atoms with Crippen LogP contribution in [0.5, 0.6) is 0 Å². The van der Waals surface area contributed by atoms with E-state index in [4.69, 9.17) is 5.11 Å². The number of nitrogens with one attached hydrogen (secondary N) is 1. The Labute approximate surface area is 66.4 Å². The Hall–Kier alpha value is 0.270. The van der Waals surface area contributed by atoms with Crippen molar-refractivity contribution in [3.05, 3.63) is 0 Å². The highest BCUT2D eigenvalue weighted by Gasteiger charge is 2.09. The summed E-state index contributed by atoms with van der Waals surface area (Å²) in [6.07, 6.45) is 2.18. The number of hydrogen-bond acceptors (Lipinski definition) is 3. The summed E-state index contributed by atoms with van der Waals surface area (Å²) in [5.41, 5.74) is 0. The van der Waals surface area contributed by atoms with Crippen molar-refractivity contribution < 1.29 is 5.11 Å². The van der Waals surface area contributed by atoms with Crippen molar-refractivity contribution >= 4 is 11.8 Å². The van der Waals surface area contributed by atoms with Crippen LogP contribution in [0, 0.1) is 0 Å². The monoisotopic (exact) mass is 161 g/mol. The molecule has 0 saturated carbocycles. The lowest BCUT2D eigenvalue weighted by Gasteiger charge is -2.12. The Balaban J connectivity index is 2.15. The van der Waals surface area contributed by atoms with E-state index in [0.717, 1.165) is 13.0 Å². The van der Waals surface area contributed by atoms with Crippen molar-refractivity contribution in [1.82, 2.24) is 5.32 Å². The molecule has 0 aromatic heterocycles. The van der Waals surface area contributed by atoms with E-state index >= 15 is 0 Å². The first-order valence-electron chi connectivity index (χ1n) is 3.85. The van der Waals surface area contributed by atoms with Crippen LogP contribution in [0.25, 0.3) is 0 Å². The van der Waals surface area contributed by atoms with E-state index in [1.807, 2.05) is 11.8 Å². The Kier molecular flexibility index (Phi) is 4.18. The molecule has 2 nitrogen and oxygen atoms in total. The van der Waals surface area contributed by atoms with Gasteiger partial charge in [-0.05, 0) is 25.1 Å². The minimum absolute atomic E-state index is 0.318. The summed E-state index contributed by atoms with van der Waals surface area (Å²) in [6, 6.07) is 0.553. The largest absolute Gasteiger partial charge is 0.396 e. The van der Waals surface area contributed by atoms with Crippen LogP contribution in [-0.2, 0) is 0 Å². The maximum Gasteiger partial charge on any atom is 0.0446 e. The highest BCUT2D eigenvalue weighted by Crippen LogP contribution is 2.10. The Morgan fingerprint density at radius 1 is 1.60 bits per heavy atom. The molecule has 0 spiro atoms. The predicted molar refractivity (Wildman–Crippen MR) is 45.4 cm³/mol. The Morgan fingerprint density at radius 2 is 2.50 bits per heavy atom. The van der Waals surface area contributed by atoms with Gasteiger partial charge in [0.15, 0.2) is 0 Å². The van der Waals surface area contributed by atoms with Crippen molar-refractivity contribution in [2.24, 2.45) is 0 Å². The molecule has 1 aliphatic heterocycles. The van der Waals surface area contributed by atoms with Crippen LogP contribution in [0.15, 0.2) is 0 Å². The second-order valence-corrected chi connectivity index (χ2v) is 3.74. The van der Waals surface area contributed by atoms with Gasteiger partial charge in [-0.2, -0.15) is 11.8 Å². The molecule has 0 aromatic carbocycles. The van der Waals surface area contributed by atoms with Gasteiger partial charge in [-0.3, -0.25) is 0 Å². The van der Waals surface area contributed by atoms with E-state index in [1.165, 1.54) is 17.9 Å². The van der Waals surface area contributed by atoms with Crippen LogP contribution >= 0.6 is 11.8 Å². The lowest BCUT2D eigenvalue weighted by molar-refractivity contribution is 0.271. The molecule has 3 heteroatoms. The van der Waals surface area contributed by atoms with E-state index in [1.54, 1.807) is 0 Å². The van der Waals surface area contributed by atoms with Gasteiger partial charge < -0.3 is 10.4 Å². The van der Waals surface area contributed by atoms with Gasteiger partial charge in [-0.1, -0.05) is 0 Å². The van der Waals surface area contributed by atoms with Crippen molar-refractivity contribution in [2.75, 3.05) is 24.7 Å². The van der Waals surface area contributed by atoms with Gasteiger partial charge in [0.05, 0.1) is 0 Å². The third kappa shape index (κ3) is 2.90. The lowest BCUT2D eigenvalue weighted by Crippen LogP contribution is -2.31. The average molecular weight is 161 g/mol. The maximum atomic E-state index is 8.66. The number of rotatable bonds is 2. The van der Waals surface area contributed by atoms with Crippen LogP contribution in [0.1, 0.15) is 12.8 Å². The Bertz CT molecular complexity index is 81.7. The minimum Gasteiger partial charge on any atom is -0.396 e. The summed E-state index contributed by atoms with van der Waals surface area (Å²) >= 11 is 1.99. The van der Waals surface area contributed by atoms with Gasteiger partial charge in [0.2, 0.25) is 0 Å². The summed E-state index contributed by atoms with van der Waals surface area (Å²) in [4.78, 5) is 0. The zero-order valence-corrected chi connectivity index (χ0v) is 6.99. The van der Waals surface area contributed by atoms with Gasteiger partial charge in [-0.15, -0.1) is 0 Å². The van der Waals surface area contributed by atoms with E-state index in [-0.39, 0.29) is 0 Å². The number of thioether (sulfide) groups is 1. The molecule has 2 N–H and O–H groups in total. The molecular formula is C7H15NOS. The van der Waals surface area contributed by atoms with Crippen molar-refractivity contribution in [3.8, 4) is 0 Å². The van der Waals surface area contributed by atoms with E-state index in [2.05, 4.69) is 5.32 Å². The van der Waals surface area contributed by atoms with Crippen LogP contribution in [0.4, 0.5) is 0 Å². The van der Waals surface area contributed by atoms with E-state index < -0.39 is 0 Å². The van der Waals surface area contributed by atoms with Crippen molar-refractivity contribution in [1.29, 1.82) is 0 Å². The predicted octanol–water partition coefficient (Wildman–Crippen LogP) is 0.464. The fourth-order valence-corrected chi connectivity index (χ4v) is 2.19. The quantitative estimate of drug-likeness (QED) is 0.617. The minimum atomic E-state index is 0.318. The smallest absolute Gasteiger partial charge is 0.0446 e. The first kappa shape index (κ1) is 8.37. The van der Waals surface area contributed by atoms with E-state index in [9.17, 15) is 0 Å². The second kappa shape index (κ2) is 4.99. The molecule has 1 heterocycles. The van der Waals surface area contributed by atoms with Crippen molar-refractivity contribution in [3.63, 3.8) is 0 Å². The zero-order valence-electron chi connectivity index (χ0n) is 6.18. The van der Waals surface area contributed by atoms with Crippen LogP contribution in [0.3, 0.4) is 0 Å². The molecular weight excluding hydrogens is 146 g/mol. The first-order chi connectivity index (χ1) is 4.93. The molecule has 10 heavy (non-hydrogen) atoms. The summed E-state index contributed by atoms with van der Waals surface area (Å²) in [7, 11) is 0. The third-order valence-corrected chi connectivity index (χ3v) is 2.91. The maximum absolute atomic E-state index is 8.66. The molecule has 0 amide bonds. The fraction of sp³-hybridized carbons (Fsp3) is 1.00. The second-order valence-electron chi connectivity index (χ2n) is 2.59. The molecule has 1 unspecified atom stereocenters. The normalized spacial score (nSPS) is 27.9. The summed E-state index contributed by atoms with van der Waals surface area (Å²) in [5, 5.41) is 12.1. The standard InChI is InChI=1S/C7H15NOS/c9-4-2-7-6-10-5-1-3-8-7/h7-9H,1-6H2. The molecule has 60 valence electrons. The molecule has 0 radical (unpaired) electrons. The van der Waals surface area contributed by atoms with Crippen LogP contribution < -0.4 is 5.32 Å². The third-order valence-electron chi connectivity index (χ3n) is 1.70. The molecule has 1 atom stereocenters. The Morgan fingerprint density at radius 3 is 3.30 bits per heavy atom. The summed E-state index contributed by atoms with van der Waals surface area (Å²) in [5.74, 6) is 2.44. The zero-order chi connectivity index (χ0) is 7.23. The van der Waals surface area contributed by atoms with Gasteiger partial charge in [0.25, 0.3) is 0 Å². The van der Waals surface area contributed by atoms with Gasteiger partial charge >= 0.3 is 0 Å². The highest BCUT2D eigenvalue weighted by molar-refractivity contribution is 7.99. The van der Waals surface area contributed by atoms with Crippen LogP contribution in [0.2, 0.25) is 0 Å². The molecule has 0 aliphatic carbocycles. The molecule has 0 aromatic rings. The fourth-order valence-electron chi connectivity index (χ4n) is 1.11. The van der Waals surface area contributed by atoms with Gasteiger partial charge in [-0.25, -0.2) is 0 Å². The number of aliphatic hydroxyl groups is 1. The lowest BCUT2D eigenvalue weighted by atomic mass is 10.2. The average Bonchev–Trinajstić information content (AvgIpc) is 2.17. The molecule has 0 bridgehead atoms. The highest BCUT2D eigenvalue weighted by atomic mass is 32.2. The molecule has 1 rings (SSSR count). The molecule has 1 saturated heterocycles. The van der Waals surface area contributed by atoms with Crippen LogP contribution in [-0.4, -0.2) is 35.8 Å². The molecule has 1 fully saturated rings. The van der Waals surface area contributed by atoms with Crippen molar-refractivity contribution in [2.45, 2.75) is 18.9 Å². The summed E-state index contributed by atoms with van der Waals surface area (Å²) in [6.45, 7) is 1.44. The van der Waals surface area contributed by atoms with Gasteiger partial charge in [0.1, 0.15) is 0 Å². The number of hydrogen-bond donors (Lipinski definition) is 2. The number of aliphatic hydroxyl groups excluding tert-OH is 1.